The van der Waals surface area contributed by atoms with E-state index in [0.29, 0.717) is 5.92 Å². The summed E-state index contributed by atoms with van der Waals surface area (Å²) in [6.07, 6.45) is 9.58. The lowest BCUT2D eigenvalue weighted by Gasteiger charge is -2.42. The van der Waals surface area contributed by atoms with Crippen LogP contribution in [0.15, 0.2) is 12.1 Å². The Morgan fingerprint density at radius 1 is 1.25 bits per heavy atom. The third kappa shape index (κ3) is 2.74. The molecule has 3 aliphatic rings. The molecule has 0 aliphatic heterocycles. The minimum absolute atomic E-state index is 0.105. The zero-order chi connectivity index (χ0) is 16.9. The number of fused-ring (bicyclic) bond motifs is 5. The molecule has 0 radical (unpaired) electrons. The molecular weight excluding hydrogens is 430 g/mol. The Bertz CT molecular complexity index is 674. The monoisotopic (exact) mass is 456 g/mol. The smallest absolute Gasteiger partial charge is 0.302 e. The third-order valence-corrected chi connectivity index (χ3v) is 10.2. The van der Waals surface area contributed by atoms with E-state index in [1.807, 2.05) is 0 Å². The van der Waals surface area contributed by atoms with Crippen LogP contribution in [-0.4, -0.2) is 17.7 Å². The lowest BCUT2D eigenvalue weighted by atomic mass is 9.64. The molecule has 1 fully saturated rings. The molecule has 2 nitrogen and oxygen atoms in total. The largest absolute Gasteiger partial charge is 0.462 e. The standard InChI is InChI=1S/C20H26IO2P/c1-12(22)23-19-8-7-18-17-5-3-13-11-14(24-21)4-6-15(13)16(17)9-10-20(18,19)2/h3,5,14,18-19,24H,4,6-11H2,1-2H3/t14-,18?,19+,20?/m0/s1. The molecule has 5 atom stereocenters. The highest BCUT2D eigenvalue weighted by atomic mass is 127. The zero-order valence-electron chi connectivity index (χ0n) is 14.5. The summed E-state index contributed by atoms with van der Waals surface area (Å²) in [5, 5.41) is 0. The molecule has 0 N–H and O–H groups in total. The Balaban J connectivity index is 1.68. The Kier molecular flexibility index (Phi) is 4.71. The first-order chi connectivity index (χ1) is 11.5. The second-order valence-corrected chi connectivity index (χ2v) is 11.0. The van der Waals surface area contributed by atoms with Crippen LogP contribution in [0.5, 0.6) is 0 Å². The lowest BCUT2D eigenvalue weighted by Crippen LogP contribution is -2.38. The fourth-order valence-electron chi connectivity index (χ4n) is 5.50. The van der Waals surface area contributed by atoms with Crippen molar-refractivity contribution in [2.75, 3.05) is 0 Å². The Labute approximate surface area is 159 Å². The maximum absolute atomic E-state index is 11.5. The van der Waals surface area contributed by atoms with Crippen molar-refractivity contribution in [3.05, 3.63) is 34.4 Å². The summed E-state index contributed by atoms with van der Waals surface area (Å²) in [7, 11) is 0. The quantitative estimate of drug-likeness (QED) is 0.342. The lowest BCUT2D eigenvalue weighted by molar-refractivity contribution is -0.152. The van der Waals surface area contributed by atoms with Crippen LogP contribution < -0.4 is 0 Å². The molecule has 1 aromatic rings. The van der Waals surface area contributed by atoms with Crippen molar-refractivity contribution in [1.29, 1.82) is 0 Å². The van der Waals surface area contributed by atoms with E-state index in [4.69, 9.17) is 4.74 Å². The number of halogens is 1. The molecule has 3 unspecified atom stereocenters. The summed E-state index contributed by atoms with van der Waals surface area (Å²) in [5.74, 6) is 0.448. The highest BCUT2D eigenvalue weighted by Crippen LogP contribution is 2.57. The first kappa shape index (κ1) is 17.3. The fraction of sp³-hybridized carbons (Fsp3) is 0.650. The van der Waals surface area contributed by atoms with Gasteiger partial charge in [-0.2, -0.15) is 0 Å². The van der Waals surface area contributed by atoms with Gasteiger partial charge in [-0.3, -0.25) is 4.79 Å². The van der Waals surface area contributed by atoms with Crippen molar-refractivity contribution in [2.45, 2.75) is 76.5 Å². The van der Waals surface area contributed by atoms with Crippen molar-refractivity contribution < 1.29 is 9.53 Å². The van der Waals surface area contributed by atoms with Crippen molar-refractivity contribution in [2.24, 2.45) is 5.41 Å². The average molecular weight is 456 g/mol. The van der Waals surface area contributed by atoms with Crippen molar-refractivity contribution in [3.8, 4) is 0 Å². The van der Waals surface area contributed by atoms with Gasteiger partial charge in [-0.05, 0) is 78.8 Å². The molecule has 0 spiro atoms. The molecule has 0 heterocycles. The van der Waals surface area contributed by atoms with Gasteiger partial charge in [0.2, 0.25) is 0 Å². The van der Waals surface area contributed by atoms with Gasteiger partial charge in [-0.15, -0.1) is 0 Å². The van der Waals surface area contributed by atoms with E-state index in [1.54, 1.807) is 29.2 Å². The third-order valence-electron chi connectivity index (χ3n) is 6.77. The number of ether oxygens (including phenoxy) is 1. The van der Waals surface area contributed by atoms with Crippen LogP contribution in [0.4, 0.5) is 0 Å². The van der Waals surface area contributed by atoms with Crippen molar-refractivity contribution >= 4 is 34.2 Å². The van der Waals surface area contributed by atoms with E-state index in [0.717, 1.165) is 31.1 Å². The molecule has 0 bridgehead atoms. The van der Waals surface area contributed by atoms with E-state index in [1.165, 1.54) is 25.7 Å². The second kappa shape index (κ2) is 6.54. The van der Waals surface area contributed by atoms with E-state index in [-0.39, 0.29) is 17.5 Å². The van der Waals surface area contributed by atoms with E-state index in [9.17, 15) is 4.79 Å². The van der Waals surface area contributed by atoms with Crippen LogP contribution in [0.3, 0.4) is 0 Å². The molecule has 3 aliphatic carbocycles. The first-order valence-corrected chi connectivity index (χ1v) is 13.4. The molecule has 130 valence electrons. The number of benzene rings is 1. The van der Waals surface area contributed by atoms with E-state index >= 15 is 0 Å². The van der Waals surface area contributed by atoms with Crippen molar-refractivity contribution in [1.82, 2.24) is 0 Å². The highest BCUT2D eigenvalue weighted by Gasteiger charge is 2.51. The molecule has 0 aromatic heterocycles. The van der Waals surface area contributed by atoms with Gasteiger partial charge in [-0.1, -0.05) is 47.3 Å². The molecular formula is C20H26IO2P. The average Bonchev–Trinajstić information content (AvgIpc) is 2.90. The maximum atomic E-state index is 11.5. The number of esters is 1. The normalized spacial score (nSPS) is 34.7. The minimum Gasteiger partial charge on any atom is -0.462 e. The number of rotatable bonds is 2. The Morgan fingerprint density at radius 3 is 2.83 bits per heavy atom. The summed E-state index contributed by atoms with van der Waals surface area (Å²) in [6.45, 7) is 3.90. The van der Waals surface area contributed by atoms with Gasteiger partial charge in [0.1, 0.15) is 6.10 Å². The molecule has 1 saturated carbocycles. The van der Waals surface area contributed by atoms with Crippen LogP contribution in [0.25, 0.3) is 0 Å². The van der Waals surface area contributed by atoms with Gasteiger partial charge in [0.15, 0.2) is 0 Å². The molecule has 4 rings (SSSR count). The van der Waals surface area contributed by atoms with Crippen LogP contribution in [0, 0.1) is 5.41 Å². The summed E-state index contributed by atoms with van der Waals surface area (Å²) >= 11 is 2.57. The maximum Gasteiger partial charge on any atom is 0.302 e. The molecule has 1 aromatic carbocycles. The van der Waals surface area contributed by atoms with Gasteiger partial charge in [0.05, 0.1) is 0 Å². The molecule has 4 heteroatoms. The van der Waals surface area contributed by atoms with Crippen molar-refractivity contribution in [3.63, 3.8) is 0 Å². The van der Waals surface area contributed by atoms with Gasteiger partial charge in [0, 0.05) is 12.3 Å². The summed E-state index contributed by atoms with van der Waals surface area (Å²) < 4.78 is 5.70. The molecule has 0 saturated heterocycles. The number of hydrogen-bond donors (Lipinski definition) is 0. The molecule has 24 heavy (non-hydrogen) atoms. The van der Waals surface area contributed by atoms with E-state index < -0.39 is 0 Å². The SMILES string of the molecule is CC(=O)O[C@@H]1CCC2c3ccc4c(c3CCC21C)CC[C@H](PI)C4. The van der Waals surface area contributed by atoms with Crippen LogP contribution in [0.1, 0.15) is 67.7 Å². The predicted octanol–water partition coefficient (Wildman–Crippen LogP) is 5.33. The number of carbonyl (C=O) groups excluding carboxylic acids is 1. The number of carbonyl (C=O) groups is 1. The zero-order valence-corrected chi connectivity index (χ0v) is 17.7. The summed E-state index contributed by atoms with van der Waals surface area (Å²) in [4.78, 5) is 11.5. The van der Waals surface area contributed by atoms with Gasteiger partial charge in [0.25, 0.3) is 0 Å². The summed E-state index contributed by atoms with van der Waals surface area (Å²) in [6, 6.07) is 4.84. The van der Waals surface area contributed by atoms with Crippen LogP contribution >= 0.6 is 28.3 Å². The highest BCUT2D eigenvalue weighted by molar-refractivity contribution is 14.2. The topological polar surface area (TPSA) is 26.3 Å². The van der Waals surface area contributed by atoms with E-state index in [2.05, 4.69) is 41.1 Å². The first-order valence-electron chi connectivity index (χ1n) is 9.20. The van der Waals surface area contributed by atoms with Crippen LogP contribution in [0.2, 0.25) is 0 Å². The van der Waals surface area contributed by atoms with Crippen LogP contribution in [-0.2, 0) is 28.8 Å². The fourth-order valence-corrected chi connectivity index (χ4v) is 7.64. The Morgan fingerprint density at radius 2 is 2.08 bits per heavy atom. The second-order valence-electron chi connectivity index (χ2n) is 8.05. The predicted molar refractivity (Wildman–Crippen MR) is 109 cm³/mol. The minimum atomic E-state index is -0.121. The Hall–Kier alpha value is -0.150. The number of hydrogen-bond acceptors (Lipinski definition) is 2. The van der Waals surface area contributed by atoms with Gasteiger partial charge >= 0.3 is 5.97 Å². The molecule has 0 amide bonds. The van der Waals surface area contributed by atoms with Gasteiger partial charge in [-0.25, -0.2) is 0 Å². The van der Waals surface area contributed by atoms with Gasteiger partial charge < -0.3 is 4.74 Å². The summed E-state index contributed by atoms with van der Waals surface area (Å²) in [5.41, 5.74) is 7.56.